The molecule has 2 aliphatic rings. The maximum absolute atomic E-state index is 13.1. The van der Waals surface area contributed by atoms with Crippen LogP contribution in [0, 0.1) is 11.3 Å². The van der Waals surface area contributed by atoms with Crippen molar-refractivity contribution in [1.29, 1.82) is 0 Å². The standard InChI is InChI=1S/C11H17F3N2OS/c12-11(13,14)10(2-3-15-7-10)9(17)16-5-8-1-4-18-6-8/h8,15H,1-7H2,(H,16,17). The summed E-state index contributed by atoms with van der Waals surface area (Å²) in [6.45, 7) is 0.303. The third kappa shape index (κ3) is 2.61. The second-order valence-corrected chi connectivity index (χ2v) is 6.10. The molecule has 18 heavy (non-hydrogen) atoms. The molecule has 2 atom stereocenters. The van der Waals surface area contributed by atoms with Crippen LogP contribution in [0.15, 0.2) is 0 Å². The summed E-state index contributed by atoms with van der Waals surface area (Å²) >= 11 is 1.78. The van der Waals surface area contributed by atoms with E-state index in [0.29, 0.717) is 12.5 Å². The molecule has 2 fully saturated rings. The highest BCUT2D eigenvalue weighted by atomic mass is 32.2. The van der Waals surface area contributed by atoms with Gasteiger partial charge in [0.1, 0.15) is 0 Å². The number of nitrogens with one attached hydrogen (secondary N) is 2. The fraction of sp³-hybridized carbons (Fsp3) is 0.909. The normalized spacial score (nSPS) is 32.7. The number of rotatable bonds is 3. The summed E-state index contributed by atoms with van der Waals surface area (Å²) in [5.74, 6) is 1.42. The van der Waals surface area contributed by atoms with Gasteiger partial charge in [0.2, 0.25) is 5.91 Å². The Morgan fingerprint density at radius 1 is 1.50 bits per heavy atom. The topological polar surface area (TPSA) is 41.1 Å². The molecule has 0 spiro atoms. The Labute approximate surface area is 108 Å². The Kier molecular flexibility index (Phi) is 4.11. The molecule has 1 amide bonds. The minimum Gasteiger partial charge on any atom is -0.355 e. The van der Waals surface area contributed by atoms with Crippen LogP contribution in [-0.2, 0) is 4.79 Å². The summed E-state index contributed by atoms with van der Waals surface area (Å²) in [5, 5.41) is 5.15. The summed E-state index contributed by atoms with van der Waals surface area (Å²) < 4.78 is 39.2. The van der Waals surface area contributed by atoms with Crippen molar-refractivity contribution in [3.63, 3.8) is 0 Å². The Bertz CT molecular complexity index is 310. The highest BCUT2D eigenvalue weighted by Crippen LogP contribution is 2.43. The van der Waals surface area contributed by atoms with Gasteiger partial charge in [-0.2, -0.15) is 24.9 Å². The van der Waals surface area contributed by atoms with Gasteiger partial charge in [-0.1, -0.05) is 0 Å². The van der Waals surface area contributed by atoms with Crippen molar-refractivity contribution in [2.75, 3.05) is 31.1 Å². The zero-order valence-electron chi connectivity index (χ0n) is 9.98. The van der Waals surface area contributed by atoms with Crippen LogP contribution in [0.4, 0.5) is 13.2 Å². The van der Waals surface area contributed by atoms with Gasteiger partial charge in [-0.25, -0.2) is 0 Å². The van der Waals surface area contributed by atoms with E-state index in [0.717, 1.165) is 17.9 Å². The molecule has 0 saturated carbocycles. The SMILES string of the molecule is O=C(NCC1CCSC1)C1(C(F)(F)F)CCNC1. The Balaban J connectivity index is 1.96. The lowest BCUT2D eigenvalue weighted by Crippen LogP contribution is -2.52. The Morgan fingerprint density at radius 3 is 2.78 bits per heavy atom. The van der Waals surface area contributed by atoms with E-state index in [4.69, 9.17) is 0 Å². The minimum atomic E-state index is -4.48. The Hall–Kier alpha value is -0.430. The first-order valence-electron chi connectivity index (χ1n) is 6.09. The summed E-state index contributed by atoms with van der Waals surface area (Å²) in [7, 11) is 0. The molecule has 0 aliphatic carbocycles. The molecule has 0 bridgehead atoms. The number of hydrogen-bond donors (Lipinski definition) is 2. The van der Waals surface area contributed by atoms with Crippen molar-refractivity contribution in [1.82, 2.24) is 10.6 Å². The number of carbonyl (C=O) groups is 1. The largest absolute Gasteiger partial charge is 0.404 e. The van der Waals surface area contributed by atoms with E-state index in [2.05, 4.69) is 10.6 Å². The van der Waals surface area contributed by atoms with Crippen LogP contribution < -0.4 is 10.6 Å². The van der Waals surface area contributed by atoms with Crippen LogP contribution in [0.1, 0.15) is 12.8 Å². The van der Waals surface area contributed by atoms with E-state index in [1.165, 1.54) is 0 Å². The van der Waals surface area contributed by atoms with Gasteiger partial charge in [-0.15, -0.1) is 0 Å². The predicted octanol–water partition coefficient (Wildman–Crippen LogP) is 1.40. The fourth-order valence-corrected chi connectivity index (χ4v) is 3.69. The second-order valence-electron chi connectivity index (χ2n) is 4.95. The van der Waals surface area contributed by atoms with Crippen LogP contribution in [-0.4, -0.2) is 43.2 Å². The molecule has 0 aromatic heterocycles. The van der Waals surface area contributed by atoms with Crippen LogP contribution >= 0.6 is 11.8 Å². The first kappa shape index (κ1) is 14.0. The fourth-order valence-electron chi connectivity index (χ4n) is 2.41. The van der Waals surface area contributed by atoms with Gasteiger partial charge in [0.05, 0.1) is 0 Å². The predicted molar refractivity (Wildman–Crippen MR) is 64.4 cm³/mol. The highest BCUT2D eigenvalue weighted by molar-refractivity contribution is 7.99. The van der Waals surface area contributed by atoms with Crippen molar-refractivity contribution in [2.24, 2.45) is 11.3 Å². The van der Waals surface area contributed by atoms with Gasteiger partial charge in [0.15, 0.2) is 5.41 Å². The zero-order chi connectivity index (χ0) is 13.2. The van der Waals surface area contributed by atoms with Gasteiger partial charge in [-0.3, -0.25) is 4.79 Å². The van der Waals surface area contributed by atoms with Crippen molar-refractivity contribution in [3.05, 3.63) is 0 Å². The summed E-state index contributed by atoms with van der Waals surface area (Å²) in [4.78, 5) is 11.9. The molecular formula is C11H17F3N2OS. The molecule has 0 aromatic rings. The van der Waals surface area contributed by atoms with Crippen molar-refractivity contribution < 1.29 is 18.0 Å². The summed E-state index contributed by atoms with van der Waals surface area (Å²) in [5.41, 5.74) is -2.22. The average Bonchev–Trinajstić information content (AvgIpc) is 2.96. The maximum atomic E-state index is 13.1. The number of hydrogen-bond acceptors (Lipinski definition) is 3. The molecule has 7 heteroatoms. The van der Waals surface area contributed by atoms with Crippen molar-refractivity contribution in [2.45, 2.75) is 19.0 Å². The van der Waals surface area contributed by atoms with Gasteiger partial charge in [-0.05, 0) is 36.8 Å². The first-order chi connectivity index (χ1) is 8.46. The van der Waals surface area contributed by atoms with E-state index in [9.17, 15) is 18.0 Å². The summed E-state index contributed by atoms with van der Waals surface area (Å²) in [6.07, 6.45) is -3.67. The van der Waals surface area contributed by atoms with Gasteiger partial charge >= 0.3 is 6.18 Å². The van der Waals surface area contributed by atoms with Crippen LogP contribution in [0.25, 0.3) is 0 Å². The molecule has 0 aromatic carbocycles. The zero-order valence-corrected chi connectivity index (χ0v) is 10.8. The minimum absolute atomic E-state index is 0.165. The second kappa shape index (κ2) is 5.28. The van der Waals surface area contributed by atoms with Gasteiger partial charge in [0, 0.05) is 13.1 Å². The van der Waals surface area contributed by atoms with E-state index in [1.807, 2.05) is 0 Å². The average molecular weight is 282 g/mol. The molecule has 0 radical (unpaired) electrons. The van der Waals surface area contributed by atoms with Gasteiger partial charge in [0.25, 0.3) is 0 Å². The number of thioether (sulfide) groups is 1. The number of alkyl halides is 3. The lowest BCUT2D eigenvalue weighted by molar-refractivity contribution is -0.216. The van der Waals surface area contributed by atoms with Gasteiger partial charge < -0.3 is 10.6 Å². The molecule has 3 nitrogen and oxygen atoms in total. The molecule has 2 N–H and O–H groups in total. The number of amides is 1. The first-order valence-corrected chi connectivity index (χ1v) is 7.25. The lowest BCUT2D eigenvalue weighted by Gasteiger charge is -2.29. The molecule has 2 heterocycles. The van der Waals surface area contributed by atoms with Crippen LogP contribution in [0.5, 0.6) is 0 Å². The molecule has 2 saturated heterocycles. The van der Waals surface area contributed by atoms with Crippen LogP contribution in [0.3, 0.4) is 0 Å². The smallest absolute Gasteiger partial charge is 0.355 e. The molecule has 2 rings (SSSR count). The highest BCUT2D eigenvalue weighted by Gasteiger charge is 2.61. The lowest BCUT2D eigenvalue weighted by atomic mass is 9.85. The van der Waals surface area contributed by atoms with Crippen molar-refractivity contribution >= 4 is 17.7 Å². The monoisotopic (exact) mass is 282 g/mol. The third-order valence-corrected chi connectivity index (χ3v) is 4.94. The van der Waals surface area contributed by atoms with Crippen molar-refractivity contribution in [3.8, 4) is 0 Å². The van der Waals surface area contributed by atoms with E-state index in [-0.39, 0.29) is 19.5 Å². The third-order valence-electron chi connectivity index (χ3n) is 3.71. The molecular weight excluding hydrogens is 265 g/mol. The number of halogens is 3. The van der Waals surface area contributed by atoms with Crippen LogP contribution in [0.2, 0.25) is 0 Å². The maximum Gasteiger partial charge on any atom is 0.404 e. The Morgan fingerprint density at radius 2 is 2.28 bits per heavy atom. The van der Waals surface area contributed by atoms with E-state index < -0.39 is 17.5 Å². The van der Waals surface area contributed by atoms with E-state index >= 15 is 0 Å². The number of carbonyl (C=O) groups excluding carboxylic acids is 1. The molecule has 2 unspecified atom stereocenters. The summed E-state index contributed by atoms with van der Waals surface area (Å²) in [6, 6.07) is 0. The molecule has 104 valence electrons. The van der Waals surface area contributed by atoms with E-state index in [1.54, 1.807) is 11.8 Å². The quantitative estimate of drug-likeness (QED) is 0.822. The molecule has 2 aliphatic heterocycles.